The van der Waals surface area contributed by atoms with E-state index in [-0.39, 0.29) is 18.2 Å². The highest BCUT2D eigenvalue weighted by Crippen LogP contribution is 2.36. The second kappa shape index (κ2) is 9.97. The van der Waals surface area contributed by atoms with E-state index >= 15 is 0 Å². The van der Waals surface area contributed by atoms with Gasteiger partial charge in [-0.2, -0.15) is 0 Å². The molecule has 1 amide bonds. The van der Waals surface area contributed by atoms with Crippen LogP contribution in [-0.4, -0.2) is 41.1 Å². The van der Waals surface area contributed by atoms with Gasteiger partial charge in [-0.25, -0.2) is 9.78 Å². The molecule has 2 aliphatic heterocycles. The summed E-state index contributed by atoms with van der Waals surface area (Å²) >= 11 is 6.14. The van der Waals surface area contributed by atoms with Gasteiger partial charge in [-0.3, -0.25) is 4.90 Å². The summed E-state index contributed by atoms with van der Waals surface area (Å²) in [6.45, 7) is 1.51. The number of aromatic amines is 1. The van der Waals surface area contributed by atoms with Crippen molar-refractivity contribution >= 4 is 29.1 Å². The first kappa shape index (κ1) is 22.6. The molecule has 1 aromatic heterocycles. The number of H-pyrrole nitrogens is 1. The summed E-state index contributed by atoms with van der Waals surface area (Å²) in [7, 11) is 1.92. The molecule has 3 aromatic rings. The molecule has 2 aliphatic rings. The fraction of sp³-hybridized carbons (Fsp3) is 0.385. The Kier molecular flexibility index (Phi) is 6.63. The number of carbonyl (C=O) groups excluding carboxylic acids is 1. The molecular weight excluding hydrogens is 450 g/mol. The number of ether oxygens (including phenoxy) is 1. The number of carbonyl (C=O) groups is 1. The number of hydrogen-bond acceptors (Lipinski definition) is 5. The van der Waals surface area contributed by atoms with E-state index in [4.69, 9.17) is 21.3 Å². The molecule has 2 unspecified atom stereocenters. The molecule has 3 N–H and O–H groups in total. The van der Waals surface area contributed by atoms with Crippen LogP contribution in [0.5, 0.6) is 0 Å². The number of benzene rings is 2. The number of aromatic nitrogens is 2. The predicted octanol–water partition coefficient (Wildman–Crippen LogP) is 6.38. The van der Waals surface area contributed by atoms with Gasteiger partial charge in [0.2, 0.25) is 0 Å². The normalized spacial score (nSPS) is 20.9. The van der Waals surface area contributed by atoms with Crippen molar-refractivity contribution in [1.82, 2.24) is 14.9 Å². The minimum atomic E-state index is -0.299. The van der Waals surface area contributed by atoms with Crippen LogP contribution < -0.4 is 10.6 Å². The van der Waals surface area contributed by atoms with Crippen molar-refractivity contribution in [1.29, 1.82) is 0 Å². The third-order valence-corrected chi connectivity index (χ3v) is 6.92. The Labute approximate surface area is 204 Å². The smallest absolute Gasteiger partial charge is 0.411 e. The lowest BCUT2D eigenvalue weighted by atomic mass is 10.0. The highest BCUT2D eigenvalue weighted by molar-refractivity contribution is 6.30. The number of nitrogens with zero attached hydrogens (tertiary/aromatic N) is 2. The van der Waals surface area contributed by atoms with E-state index < -0.39 is 0 Å². The Morgan fingerprint density at radius 1 is 1.15 bits per heavy atom. The summed E-state index contributed by atoms with van der Waals surface area (Å²) in [4.78, 5) is 23.2. The molecule has 0 radical (unpaired) electrons. The molecule has 2 aromatic carbocycles. The molecular formula is C26H30ClN5O2. The topological polar surface area (TPSA) is 82.3 Å². The van der Waals surface area contributed by atoms with Gasteiger partial charge in [-0.15, -0.1) is 0 Å². The number of imidazole rings is 1. The monoisotopic (exact) mass is 479 g/mol. The first-order chi connectivity index (χ1) is 16.6. The summed E-state index contributed by atoms with van der Waals surface area (Å²) in [5.41, 5.74) is 5.07. The minimum Gasteiger partial charge on any atom is -0.441 e. The third kappa shape index (κ3) is 4.71. The van der Waals surface area contributed by atoms with Crippen molar-refractivity contribution in [2.45, 2.75) is 44.2 Å². The van der Waals surface area contributed by atoms with Gasteiger partial charge in [-0.05, 0) is 48.7 Å². The van der Waals surface area contributed by atoms with Crippen LogP contribution in [0.25, 0.3) is 11.3 Å². The van der Waals surface area contributed by atoms with E-state index in [1.807, 2.05) is 42.4 Å². The van der Waals surface area contributed by atoms with Crippen LogP contribution in [-0.2, 0) is 4.74 Å². The molecule has 2 atom stereocenters. The standard InChI is InChI=1S/C26H30ClN5O2/c1-28-19-9-10-20-21(15-19)29-12-4-2-3-8-23(25-30-16-22(20)31-25)32-13-11-24(34-26(32)33)17-6-5-7-18(27)14-17/h5-7,9-10,14-16,23-24,28-29H,2-4,8,11-13H2,1H3,(H,30,31). The van der Waals surface area contributed by atoms with E-state index in [1.54, 1.807) is 0 Å². The van der Waals surface area contributed by atoms with E-state index in [9.17, 15) is 4.79 Å². The van der Waals surface area contributed by atoms with Gasteiger partial charge >= 0.3 is 6.09 Å². The number of nitrogens with one attached hydrogen (secondary N) is 3. The molecule has 1 fully saturated rings. The van der Waals surface area contributed by atoms with E-state index in [2.05, 4.69) is 33.8 Å². The number of fused-ring (bicyclic) bond motifs is 4. The number of cyclic esters (lactones) is 1. The van der Waals surface area contributed by atoms with E-state index in [0.29, 0.717) is 11.6 Å². The maximum Gasteiger partial charge on any atom is 0.411 e. The summed E-state index contributed by atoms with van der Waals surface area (Å²) in [5, 5.41) is 7.43. The highest BCUT2D eigenvalue weighted by atomic mass is 35.5. The summed E-state index contributed by atoms with van der Waals surface area (Å²) in [6.07, 6.45) is 6.00. The maximum atomic E-state index is 13.1. The van der Waals surface area contributed by atoms with Crippen LogP contribution in [0.4, 0.5) is 16.2 Å². The molecule has 3 heterocycles. The van der Waals surface area contributed by atoms with Crippen LogP contribution in [0.1, 0.15) is 55.6 Å². The van der Waals surface area contributed by atoms with Gasteiger partial charge in [0.1, 0.15) is 11.9 Å². The molecule has 1 saturated heterocycles. The summed E-state index contributed by atoms with van der Waals surface area (Å²) in [6, 6.07) is 13.7. The molecule has 2 bridgehead atoms. The fourth-order valence-electron chi connectivity index (χ4n) is 4.85. The average Bonchev–Trinajstić information content (AvgIpc) is 3.33. The molecule has 0 aliphatic carbocycles. The second-order valence-electron chi connectivity index (χ2n) is 8.89. The van der Waals surface area contributed by atoms with Crippen molar-refractivity contribution in [2.75, 3.05) is 30.8 Å². The minimum absolute atomic E-state index is 0.144. The summed E-state index contributed by atoms with van der Waals surface area (Å²) < 4.78 is 5.87. The van der Waals surface area contributed by atoms with Gasteiger partial charge in [0, 0.05) is 48.5 Å². The number of hydrogen-bond donors (Lipinski definition) is 3. The molecule has 5 rings (SSSR count). The number of anilines is 2. The summed E-state index contributed by atoms with van der Waals surface area (Å²) in [5.74, 6) is 0.803. The Hall–Kier alpha value is -3.19. The maximum absolute atomic E-state index is 13.1. The van der Waals surface area contributed by atoms with Crippen LogP contribution in [0, 0.1) is 0 Å². The largest absolute Gasteiger partial charge is 0.441 e. The Morgan fingerprint density at radius 3 is 2.88 bits per heavy atom. The molecule has 0 spiro atoms. The number of amides is 1. The van der Waals surface area contributed by atoms with Crippen LogP contribution in [0.15, 0.2) is 48.7 Å². The van der Waals surface area contributed by atoms with Crippen molar-refractivity contribution in [3.8, 4) is 11.3 Å². The lowest BCUT2D eigenvalue weighted by molar-refractivity contribution is 0.00695. The second-order valence-corrected chi connectivity index (χ2v) is 9.33. The van der Waals surface area contributed by atoms with Gasteiger partial charge in [0.05, 0.1) is 17.9 Å². The van der Waals surface area contributed by atoms with Gasteiger partial charge in [-0.1, -0.05) is 36.6 Å². The number of halogens is 1. The van der Waals surface area contributed by atoms with Crippen molar-refractivity contribution < 1.29 is 9.53 Å². The quantitative estimate of drug-likeness (QED) is 0.406. The van der Waals surface area contributed by atoms with Crippen LogP contribution in [0.2, 0.25) is 5.02 Å². The molecule has 8 heteroatoms. The van der Waals surface area contributed by atoms with Crippen LogP contribution >= 0.6 is 11.6 Å². The Balaban J connectivity index is 1.41. The van der Waals surface area contributed by atoms with E-state index in [1.165, 1.54) is 0 Å². The van der Waals surface area contributed by atoms with Gasteiger partial charge in [0.25, 0.3) is 0 Å². The third-order valence-electron chi connectivity index (χ3n) is 6.69. The Bertz CT molecular complexity index is 1160. The first-order valence-electron chi connectivity index (χ1n) is 12.0. The van der Waals surface area contributed by atoms with Gasteiger partial charge < -0.3 is 20.4 Å². The van der Waals surface area contributed by atoms with Crippen molar-refractivity contribution in [3.63, 3.8) is 0 Å². The molecule has 0 saturated carbocycles. The molecule has 7 nitrogen and oxygen atoms in total. The zero-order valence-electron chi connectivity index (χ0n) is 19.3. The highest BCUT2D eigenvalue weighted by Gasteiger charge is 2.35. The number of rotatable bonds is 3. The van der Waals surface area contributed by atoms with Crippen LogP contribution in [0.3, 0.4) is 0 Å². The van der Waals surface area contributed by atoms with E-state index in [0.717, 1.165) is 72.7 Å². The van der Waals surface area contributed by atoms with Crippen molar-refractivity contribution in [2.24, 2.45) is 0 Å². The first-order valence-corrected chi connectivity index (χ1v) is 12.3. The SMILES string of the molecule is CNc1ccc2c(c1)NCCCCCC(N1CCC(c3cccc(Cl)c3)OC1=O)c1ncc-2[nH]1. The lowest BCUT2D eigenvalue weighted by Gasteiger charge is -2.36. The lowest BCUT2D eigenvalue weighted by Crippen LogP contribution is -2.42. The molecule has 178 valence electrons. The van der Waals surface area contributed by atoms with Gasteiger partial charge in [0.15, 0.2) is 0 Å². The zero-order valence-corrected chi connectivity index (χ0v) is 20.1. The Morgan fingerprint density at radius 2 is 2.06 bits per heavy atom. The van der Waals surface area contributed by atoms with Crippen molar-refractivity contribution in [3.05, 3.63) is 65.1 Å². The zero-order chi connectivity index (χ0) is 23.5. The average molecular weight is 480 g/mol. The predicted molar refractivity (Wildman–Crippen MR) is 135 cm³/mol. The molecule has 34 heavy (non-hydrogen) atoms. The fourth-order valence-corrected chi connectivity index (χ4v) is 5.05.